The van der Waals surface area contributed by atoms with Crippen LogP contribution in [-0.2, 0) is 22.6 Å². The van der Waals surface area contributed by atoms with Crippen molar-refractivity contribution < 1.29 is 18.7 Å². The fraction of sp³-hybridized carbons (Fsp3) is 0.424. The predicted octanol–water partition coefficient (Wildman–Crippen LogP) is 3.61. The Hall–Kier alpha value is -4.56. The smallest absolute Gasteiger partial charge is 0.318 e. The first-order valence-corrected chi connectivity index (χ1v) is 15.0. The third-order valence-electron chi connectivity index (χ3n) is 9.16. The molecule has 1 aromatic heterocycles. The van der Waals surface area contributed by atoms with E-state index in [0.717, 1.165) is 23.5 Å². The van der Waals surface area contributed by atoms with Crippen molar-refractivity contribution in [2.24, 2.45) is 0 Å². The number of piperazine rings is 1. The Kier molecular flexibility index (Phi) is 7.95. The van der Waals surface area contributed by atoms with Gasteiger partial charge in [0.25, 0.3) is 0 Å². The van der Waals surface area contributed by atoms with Crippen molar-refractivity contribution in [3.05, 3.63) is 65.6 Å². The standard InChI is InChI=1S/C33H36FN7O3/c1-21-6-4-7-23-8-5-9-27(29(21)23)40-16-12-25-26(18-40)37-32(44-19-24-10-11-28(42)39(24)3)38-31(25)41-17-15-36-33(20-41,13-14-35)30(43)22(2)34/h4-9,24,36H,2,10-13,15-20H2,1,3H3/t24-,33-/m0/s1. The number of likely N-dealkylation sites (N-methyl/N-ethyl adjacent to an activating group) is 1. The molecule has 0 unspecified atom stereocenters. The van der Waals surface area contributed by atoms with Crippen LogP contribution in [0.2, 0.25) is 0 Å². The number of Topliss-reactive ketones (excluding diaryl/α,β-unsaturated/α-hetero) is 1. The van der Waals surface area contributed by atoms with E-state index in [1.54, 1.807) is 11.9 Å². The van der Waals surface area contributed by atoms with Gasteiger partial charge in [-0.25, -0.2) is 4.39 Å². The fourth-order valence-electron chi connectivity index (χ4n) is 6.74. The van der Waals surface area contributed by atoms with Crippen LogP contribution < -0.4 is 19.9 Å². The topological polar surface area (TPSA) is 115 Å². The number of ether oxygens (including phenoxy) is 1. The number of nitrogens with one attached hydrogen (secondary N) is 1. The average molecular weight is 598 g/mol. The number of carbonyl (C=O) groups excluding carboxylic acids is 2. The second kappa shape index (κ2) is 11.8. The van der Waals surface area contributed by atoms with Crippen LogP contribution in [0.1, 0.15) is 36.1 Å². The molecule has 228 valence electrons. The van der Waals surface area contributed by atoms with Crippen LogP contribution in [0, 0.1) is 18.3 Å². The lowest BCUT2D eigenvalue weighted by atomic mass is 9.87. The lowest BCUT2D eigenvalue weighted by Gasteiger charge is -2.43. The molecule has 0 spiro atoms. The van der Waals surface area contributed by atoms with E-state index >= 15 is 0 Å². The molecule has 3 aliphatic rings. The molecular formula is C33H36FN7O3. The van der Waals surface area contributed by atoms with Gasteiger partial charge in [-0.05, 0) is 36.8 Å². The first-order chi connectivity index (χ1) is 21.2. The summed E-state index contributed by atoms with van der Waals surface area (Å²) in [6.07, 6.45) is 1.62. The molecule has 2 aromatic carbocycles. The molecule has 2 atom stereocenters. The highest BCUT2D eigenvalue weighted by atomic mass is 19.1. The molecule has 6 rings (SSSR count). The van der Waals surface area contributed by atoms with Crippen molar-refractivity contribution in [3.8, 4) is 12.1 Å². The van der Waals surface area contributed by atoms with Crippen LogP contribution in [0.15, 0.2) is 48.8 Å². The van der Waals surface area contributed by atoms with E-state index in [4.69, 9.17) is 14.7 Å². The zero-order valence-corrected chi connectivity index (χ0v) is 25.1. The second-order valence-electron chi connectivity index (χ2n) is 11.9. The summed E-state index contributed by atoms with van der Waals surface area (Å²) in [6, 6.07) is 14.8. The maximum Gasteiger partial charge on any atom is 0.318 e. The molecule has 0 aliphatic carbocycles. The van der Waals surface area contributed by atoms with Crippen LogP contribution in [0.25, 0.3) is 10.8 Å². The molecule has 0 radical (unpaired) electrons. The van der Waals surface area contributed by atoms with Gasteiger partial charge in [0, 0.05) is 56.3 Å². The van der Waals surface area contributed by atoms with Gasteiger partial charge in [0.2, 0.25) is 11.7 Å². The van der Waals surface area contributed by atoms with Gasteiger partial charge in [-0.15, -0.1) is 0 Å². The Morgan fingerprint density at radius 3 is 2.73 bits per heavy atom. The zero-order valence-electron chi connectivity index (χ0n) is 25.1. The second-order valence-corrected chi connectivity index (χ2v) is 11.9. The van der Waals surface area contributed by atoms with Crippen LogP contribution in [0.3, 0.4) is 0 Å². The van der Waals surface area contributed by atoms with Crippen molar-refractivity contribution >= 4 is 34.0 Å². The lowest BCUT2D eigenvalue weighted by Crippen LogP contribution is -2.65. The zero-order chi connectivity index (χ0) is 31.0. The number of anilines is 2. The van der Waals surface area contributed by atoms with E-state index in [0.29, 0.717) is 44.7 Å². The van der Waals surface area contributed by atoms with Crippen molar-refractivity contribution in [3.63, 3.8) is 0 Å². The molecule has 2 fully saturated rings. The number of nitriles is 1. The third-order valence-corrected chi connectivity index (χ3v) is 9.16. The monoisotopic (exact) mass is 597 g/mol. The van der Waals surface area contributed by atoms with Gasteiger partial charge in [0.05, 0.1) is 30.8 Å². The summed E-state index contributed by atoms with van der Waals surface area (Å²) in [5.74, 6) is -1.20. The number of rotatable bonds is 8. The summed E-state index contributed by atoms with van der Waals surface area (Å²) >= 11 is 0. The van der Waals surface area contributed by atoms with E-state index in [1.165, 1.54) is 16.3 Å². The number of likely N-dealkylation sites (tertiary alicyclic amines) is 1. The number of hydrogen-bond acceptors (Lipinski definition) is 9. The number of amides is 1. The normalized spacial score (nSPS) is 21.7. The molecule has 44 heavy (non-hydrogen) atoms. The van der Waals surface area contributed by atoms with Crippen molar-refractivity contribution in [1.82, 2.24) is 20.2 Å². The maximum absolute atomic E-state index is 14.2. The summed E-state index contributed by atoms with van der Waals surface area (Å²) < 4.78 is 20.3. The minimum atomic E-state index is -1.44. The van der Waals surface area contributed by atoms with Gasteiger partial charge in [0.15, 0.2) is 5.83 Å². The Morgan fingerprint density at radius 2 is 2.00 bits per heavy atom. The minimum absolute atomic E-state index is 0.0529. The average Bonchev–Trinajstić information content (AvgIpc) is 3.35. The van der Waals surface area contributed by atoms with Gasteiger partial charge in [-0.2, -0.15) is 15.2 Å². The minimum Gasteiger partial charge on any atom is -0.461 e. The molecule has 3 aromatic rings. The highest BCUT2D eigenvalue weighted by molar-refractivity contribution is 6.01. The lowest BCUT2D eigenvalue weighted by molar-refractivity contribution is -0.128. The molecule has 1 amide bonds. The molecule has 2 saturated heterocycles. The van der Waals surface area contributed by atoms with E-state index in [2.05, 4.69) is 60.1 Å². The highest BCUT2D eigenvalue weighted by Gasteiger charge is 2.44. The molecule has 3 aliphatic heterocycles. The van der Waals surface area contributed by atoms with Gasteiger partial charge in [-0.3, -0.25) is 9.59 Å². The van der Waals surface area contributed by atoms with Gasteiger partial charge >= 0.3 is 6.01 Å². The highest BCUT2D eigenvalue weighted by Crippen LogP contribution is 2.36. The number of fused-ring (bicyclic) bond motifs is 2. The fourth-order valence-corrected chi connectivity index (χ4v) is 6.74. The Balaban J connectivity index is 1.37. The van der Waals surface area contributed by atoms with Gasteiger partial charge < -0.3 is 24.8 Å². The van der Waals surface area contributed by atoms with Crippen LogP contribution in [0.4, 0.5) is 15.9 Å². The number of aromatic nitrogens is 2. The number of hydrogen-bond donors (Lipinski definition) is 1. The quantitative estimate of drug-likeness (QED) is 0.389. The Bertz CT molecular complexity index is 1680. The number of ketones is 1. The summed E-state index contributed by atoms with van der Waals surface area (Å²) in [7, 11) is 1.78. The number of benzene rings is 2. The first kappa shape index (κ1) is 29.5. The van der Waals surface area contributed by atoms with Crippen molar-refractivity contribution in [2.75, 3.05) is 49.6 Å². The summed E-state index contributed by atoms with van der Waals surface area (Å²) in [4.78, 5) is 40.7. The summed E-state index contributed by atoms with van der Waals surface area (Å²) in [5, 5.41) is 15.0. The number of carbonyl (C=O) groups is 2. The third kappa shape index (κ3) is 5.35. The van der Waals surface area contributed by atoms with Crippen LogP contribution >= 0.6 is 0 Å². The SMILES string of the molecule is C=C(F)C(=O)[C@]1(CC#N)CN(c2nc(OC[C@@H]3CCC(=O)N3C)nc3c2CCN(c2cccc4cccc(C)c24)C3)CCN1. The first-order valence-electron chi connectivity index (χ1n) is 15.0. The molecule has 11 heteroatoms. The molecule has 1 N–H and O–H groups in total. The molecular weight excluding hydrogens is 561 g/mol. The van der Waals surface area contributed by atoms with E-state index in [-0.39, 0.29) is 37.5 Å². The van der Waals surface area contributed by atoms with E-state index < -0.39 is 17.1 Å². The van der Waals surface area contributed by atoms with E-state index in [9.17, 15) is 19.2 Å². The predicted molar refractivity (Wildman–Crippen MR) is 165 cm³/mol. The summed E-state index contributed by atoms with van der Waals surface area (Å²) in [5.41, 5.74) is 2.63. The van der Waals surface area contributed by atoms with Gasteiger partial charge in [-0.1, -0.05) is 36.9 Å². The van der Waals surface area contributed by atoms with Crippen LogP contribution in [0.5, 0.6) is 6.01 Å². The molecule has 0 saturated carbocycles. The van der Waals surface area contributed by atoms with Gasteiger partial charge in [0.1, 0.15) is 18.0 Å². The van der Waals surface area contributed by atoms with Crippen LogP contribution in [-0.4, -0.2) is 78.0 Å². The maximum atomic E-state index is 14.2. The van der Waals surface area contributed by atoms with Crippen molar-refractivity contribution in [1.29, 1.82) is 5.26 Å². The Morgan fingerprint density at radius 1 is 1.20 bits per heavy atom. The number of nitrogens with zero attached hydrogens (tertiary/aromatic N) is 6. The number of halogens is 1. The largest absolute Gasteiger partial charge is 0.461 e. The Labute approximate surface area is 256 Å². The number of aryl methyl sites for hydroxylation is 1. The van der Waals surface area contributed by atoms with E-state index in [1.807, 2.05) is 11.0 Å². The molecule has 4 heterocycles. The molecule has 10 nitrogen and oxygen atoms in total. The molecule has 0 bridgehead atoms. The van der Waals surface area contributed by atoms with Crippen molar-refractivity contribution in [2.45, 2.75) is 50.7 Å². The summed E-state index contributed by atoms with van der Waals surface area (Å²) in [6.45, 7) is 7.73.